The fourth-order valence-electron chi connectivity index (χ4n) is 1.94. The number of halogens is 2. The van der Waals surface area contributed by atoms with Crippen LogP contribution in [-0.4, -0.2) is 38.4 Å². The van der Waals surface area contributed by atoms with E-state index in [4.69, 9.17) is 0 Å². The number of hydrogen-bond acceptors (Lipinski definition) is 3. The van der Waals surface area contributed by atoms with Gasteiger partial charge in [0.25, 0.3) is 0 Å². The third kappa shape index (κ3) is 2.96. The van der Waals surface area contributed by atoms with E-state index in [0.717, 1.165) is 4.47 Å². The summed E-state index contributed by atoms with van der Waals surface area (Å²) in [6, 6.07) is 5.29. The Balaban J connectivity index is 2.35. The van der Waals surface area contributed by atoms with E-state index >= 15 is 0 Å². The molecule has 1 heterocycles. The highest BCUT2D eigenvalue weighted by Crippen LogP contribution is 2.28. The van der Waals surface area contributed by atoms with Crippen molar-refractivity contribution in [1.82, 2.24) is 9.62 Å². The zero-order valence-electron chi connectivity index (χ0n) is 9.86. The summed E-state index contributed by atoms with van der Waals surface area (Å²) in [4.78, 5) is 0.319. The van der Waals surface area contributed by atoms with Gasteiger partial charge in [-0.05, 0) is 41.1 Å². The molecule has 0 spiro atoms. The van der Waals surface area contributed by atoms with Gasteiger partial charge in [0, 0.05) is 34.6 Å². The molecule has 0 unspecified atom stereocenters. The zero-order chi connectivity index (χ0) is 13.3. The molecule has 1 N–H and O–H groups in total. The minimum atomic E-state index is -3.42. The van der Waals surface area contributed by atoms with Gasteiger partial charge in [0.05, 0.1) is 4.90 Å². The minimum absolute atomic E-state index is 0.183. The second-order valence-corrected chi connectivity index (χ2v) is 7.97. The Hall–Kier alpha value is 0.0500. The molecule has 1 aliphatic rings. The fraction of sp³-hybridized carbons (Fsp3) is 0.455. The van der Waals surface area contributed by atoms with Crippen LogP contribution < -0.4 is 5.32 Å². The van der Waals surface area contributed by atoms with Crippen LogP contribution in [0.25, 0.3) is 0 Å². The van der Waals surface area contributed by atoms with Gasteiger partial charge < -0.3 is 5.32 Å². The summed E-state index contributed by atoms with van der Waals surface area (Å²) in [6.07, 6.45) is 0. The number of benzene rings is 1. The van der Waals surface area contributed by atoms with Crippen LogP contribution in [0.2, 0.25) is 0 Å². The topological polar surface area (TPSA) is 49.4 Å². The summed E-state index contributed by atoms with van der Waals surface area (Å²) in [7, 11) is -3.42. The van der Waals surface area contributed by atoms with Crippen molar-refractivity contribution in [1.29, 1.82) is 0 Å². The molecule has 7 heteroatoms. The maximum atomic E-state index is 12.5. The summed E-state index contributed by atoms with van der Waals surface area (Å²) in [5.41, 5.74) is 0. The molecule has 1 aromatic carbocycles. The van der Waals surface area contributed by atoms with Crippen LogP contribution in [-0.2, 0) is 10.0 Å². The molecule has 1 aliphatic heterocycles. The third-order valence-corrected chi connectivity index (χ3v) is 6.18. The molecule has 18 heavy (non-hydrogen) atoms. The first kappa shape index (κ1) is 14.5. The molecule has 0 aliphatic carbocycles. The fourth-order valence-corrected chi connectivity index (χ4v) is 5.17. The molecule has 1 atom stereocenters. The summed E-state index contributed by atoms with van der Waals surface area (Å²) in [6.45, 7) is 3.69. The van der Waals surface area contributed by atoms with Gasteiger partial charge in [0.1, 0.15) is 0 Å². The van der Waals surface area contributed by atoms with Crippen molar-refractivity contribution in [3.05, 3.63) is 27.1 Å². The van der Waals surface area contributed by atoms with Crippen LogP contribution >= 0.6 is 31.9 Å². The molecule has 0 saturated carbocycles. The number of hydrogen-bond donors (Lipinski definition) is 1. The summed E-state index contributed by atoms with van der Waals surface area (Å²) < 4.78 is 28.0. The Morgan fingerprint density at radius 3 is 2.72 bits per heavy atom. The van der Waals surface area contributed by atoms with E-state index in [2.05, 4.69) is 37.2 Å². The van der Waals surface area contributed by atoms with Crippen LogP contribution in [0.4, 0.5) is 0 Å². The first-order valence-electron chi connectivity index (χ1n) is 5.60. The lowest BCUT2D eigenvalue weighted by atomic mass is 10.3. The normalized spacial score (nSPS) is 22.1. The van der Waals surface area contributed by atoms with E-state index in [0.29, 0.717) is 29.0 Å². The highest BCUT2D eigenvalue weighted by atomic mass is 79.9. The molecular formula is C11H14Br2N2O2S. The second-order valence-electron chi connectivity index (χ2n) is 4.29. The van der Waals surface area contributed by atoms with E-state index in [1.54, 1.807) is 18.2 Å². The van der Waals surface area contributed by atoms with Crippen LogP contribution in [0.1, 0.15) is 6.92 Å². The lowest BCUT2D eigenvalue weighted by Gasteiger charge is -2.31. The smallest absolute Gasteiger partial charge is 0.244 e. The average molecular weight is 398 g/mol. The highest BCUT2D eigenvalue weighted by Gasteiger charge is 2.29. The van der Waals surface area contributed by atoms with Gasteiger partial charge in [-0.3, -0.25) is 0 Å². The molecule has 100 valence electrons. The van der Waals surface area contributed by atoms with Crippen molar-refractivity contribution < 1.29 is 8.42 Å². The molecule has 1 aromatic rings. The lowest BCUT2D eigenvalue weighted by Crippen LogP contribution is -2.51. The predicted octanol–water partition coefficient (Wildman–Crippen LogP) is 2.19. The first-order chi connectivity index (χ1) is 8.41. The van der Waals surface area contributed by atoms with Crippen molar-refractivity contribution in [3.8, 4) is 0 Å². The predicted molar refractivity (Wildman–Crippen MR) is 78.1 cm³/mol. The number of sulfonamides is 1. The van der Waals surface area contributed by atoms with E-state index in [9.17, 15) is 8.42 Å². The quantitative estimate of drug-likeness (QED) is 0.832. The number of nitrogens with zero attached hydrogens (tertiary/aromatic N) is 1. The lowest BCUT2D eigenvalue weighted by molar-refractivity contribution is 0.310. The number of nitrogens with one attached hydrogen (secondary N) is 1. The Morgan fingerprint density at radius 1 is 1.39 bits per heavy atom. The first-order valence-corrected chi connectivity index (χ1v) is 8.62. The van der Waals surface area contributed by atoms with Crippen molar-refractivity contribution in [2.45, 2.75) is 17.9 Å². The summed E-state index contributed by atoms with van der Waals surface area (Å²) >= 11 is 6.63. The number of rotatable bonds is 2. The maximum Gasteiger partial charge on any atom is 0.244 e. The molecule has 4 nitrogen and oxygen atoms in total. The van der Waals surface area contributed by atoms with Crippen molar-refractivity contribution in [3.63, 3.8) is 0 Å². The van der Waals surface area contributed by atoms with E-state index < -0.39 is 10.0 Å². The molecule has 0 aromatic heterocycles. The zero-order valence-corrected chi connectivity index (χ0v) is 13.8. The van der Waals surface area contributed by atoms with Gasteiger partial charge in [-0.2, -0.15) is 4.31 Å². The molecule has 1 fully saturated rings. The summed E-state index contributed by atoms with van der Waals surface area (Å²) in [5, 5.41) is 3.23. The van der Waals surface area contributed by atoms with Crippen molar-refractivity contribution in [2.75, 3.05) is 19.6 Å². The standard InChI is InChI=1S/C11H14Br2N2O2S/c1-8-7-15(5-4-14-8)18(16,17)11-3-2-9(12)6-10(11)13/h2-3,6,8,14H,4-5,7H2,1H3/t8-/m1/s1. The van der Waals surface area contributed by atoms with E-state index in [1.165, 1.54) is 4.31 Å². The largest absolute Gasteiger partial charge is 0.312 e. The van der Waals surface area contributed by atoms with E-state index in [-0.39, 0.29) is 6.04 Å². The molecule has 2 rings (SSSR count). The Kier molecular flexibility index (Phi) is 4.48. The van der Waals surface area contributed by atoms with Crippen molar-refractivity contribution >= 4 is 41.9 Å². The SMILES string of the molecule is C[C@@H]1CN(S(=O)(=O)c2ccc(Br)cc2Br)CCN1. The molecule has 1 saturated heterocycles. The Labute approximate surface area is 124 Å². The highest BCUT2D eigenvalue weighted by molar-refractivity contribution is 9.11. The van der Waals surface area contributed by atoms with Gasteiger partial charge in [0.2, 0.25) is 10.0 Å². The van der Waals surface area contributed by atoms with Gasteiger partial charge in [-0.25, -0.2) is 8.42 Å². The minimum Gasteiger partial charge on any atom is -0.312 e. The van der Waals surface area contributed by atoms with Crippen LogP contribution in [0, 0.1) is 0 Å². The Bertz CT molecular complexity index is 548. The van der Waals surface area contributed by atoms with Gasteiger partial charge in [-0.15, -0.1) is 0 Å². The van der Waals surface area contributed by atoms with Crippen molar-refractivity contribution in [2.24, 2.45) is 0 Å². The van der Waals surface area contributed by atoms with E-state index in [1.807, 2.05) is 6.92 Å². The van der Waals surface area contributed by atoms with Crippen LogP contribution in [0.5, 0.6) is 0 Å². The molecule has 0 radical (unpaired) electrons. The Morgan fingerprint density at radius 2 is 2.11 bits per heavy atom. The van der Waals surface area contributed by atoms with Gasteiger partial charge in [0.15, 0.2) is 0 Å². The maximum absolute atomic E-state index is 12.5. The second kappa shape index (κ2) is 5.58. The molecular weight excluding hydrogens is 384 g/mol. The third-order valence-electron chi connectivity index (χ3n) is 2.84. The molecule has 0 amide bonds. The van der Waals surface area contributed by atoms with Gasteiger partial charge in [-0.1, -0.05) is 15.9 Å². The van der Waals surface area contributed by atoms with Crippen LogP contribution in [0.15, 0.2) is 32.0 Å². The monoisotopic (exact) mass is 396 g/mol. The van der Waals surface area contributed by atoms with Gasteiger partial charge >= 0.3 is 0 Å². The molecule has 0 bridgehead atoms. The summed E-state index contributed by atoms with van der Waals surface area (Å²) in [5.74, 6) is 0. The van der Waals surface area contributed by atoms with Crippen LogP contribution in [0.3, 0.4) is 0 Å². The number of piperazine rings is 1. The average Bonchev–Trinajstić information content (AvgIpc) is 2.28.